The van der Waals surface area contributed by atoms with Gasteiger partial charge in [0.2, 0.25) is 5.91 Å². The Morgan fingerprint density at radius 2 is 2.09 bits per heavy atom. The summed E-state index contributed by atoms with van der Waals surface area (Å²) >= 11 is 0. The van der Waals surface area contributed by atoms with E-state index >= 15 is 0 Å². The minimum absolute atomic E-state index is 0.0320. The molecule has 1 spiro atoms. The van der Waals surface area contributed by atoms with Crippen LogP contribution in [0.1, 0.15) is 57.8 Å². The summed E-state index contributed by atoms with van der Waals surface area (Å²) in [5.74, 6) is 0.545. The Balaban J connectivity index is 1.35. The van der Waals surface area contributed by atoms with E-state index in [-0.39, 0.29) is 24.3 Å². The molecule has 6 atom stereocenters. The van der Waals surface area contributed by atoms with Crippen LogP contribution in [0.5, 0.6) is 0 Å². The van der Waals surface area contributed by atoms with E-state index in [4.69, 9.17) is 10.5 Å². The van der Waals surface area contributed by atoms with E-state index in [0.717, 1.165) is 43.8 Å². The van der Waals surface area contributed by atoms with Crippen molar-refractivity contribution in [3.63, 3.8) is 0 Å². The minimum atomic E-state index is -1.02. The molecule has 2 saturated carbocycles. The molecule has 0 unspecified atom stereocenters. The van der Waals surface area contributed by atoms with Gasteiger partial charge in [0.15, 0.2) is 5.76 Å². The molecular formula is C25H35N3O6. The number of likely N-dealkylation sites (tertiary alicyclic amines) is 1. The van der Waals surface area contributed by atoms with Crippen molar-refractivity contribution >= 4 is 11.9 Å². The van der Waals surface area contributed by atoms with E-state index in [2.05, 4.69) is 15.0 Å². The van der Waals surface area contributed by atoms with Crippen molar-refractivity contribution in [2.45, 2.75) is 87.6 Å². The topological polar surface area (TPSA) is 134 Å². The number of piperidine rings is 1. The van der Waals surface area contributed by atoms with Crippen molar-refractivity contribution in [1.29, 1.82) is 0 Å². The number of esters is 1. The Hall–Kier alpha value is -2.10. The van der Waals surface area contributed by atoms with Gasteiger partial charge < -0.3 is 30.7 Å². The number of methoxy groups -OCH3 is 1. The van der Waals surface area contributed by atoms with Gasteiger partial charge >= 0.3 is 5.97 Å². The summed E-state index contributed by atoms with van der Waals surface area (Å²) in [5, 5.41) is 26.2. The van der Waals surface area contributed by atoms with E-state index in [9.17, 15) is 19.8 Å². The molecule has 2 heterocycles. The van der Waals surface area contributed by atoms with Crippen LogP contribution in [0.15, 0.2) is 22.7 Å². The number of nitrogens with two attached hydrogens (primary N) is 1. The second-order valence-corrected chi connectivity index (χ2v) is 11.1. The van der Waals surface area contributed by atoms with Crippen molar-refractivity contribution in [3.8, 4) is 0 Å². The van der Waals surface area contributed by atoms with E-state index in [1.807, 2.05) is 0 Å². The molecule has 2 saturated heterocycles. The summed E-state index contributed by atoms with van der Waals surface area (Å²) in [6.45, 7) is 1.91. The molecule has 186 valence electrons. The van der Waals surface area contributed by atoms with Crippen LogP contribution in [0.25, 0.3) is 0 Å². The van der Waals surface area contributed by atoms with Crippen molar-refractivity contribution in [2.24, 2.45) is 17.1 Å². The van der Waals surface area contributed by atoms with Crippen LogP contribution < -0.4 is 11.1 Å². The molecule has 0 radical (unpaired) electrons. The molecule has 5 N–H and O–H groups in total. The predicted octanol–water partition coefficient (Wildman–Crippen LogP) is 1.02. The molecular weight excluding hydrogens is 438 g/mol. The lowest BCUT2D eigenvalue weighted by atomic mass is 9.47. The smallest absolute Gasteiger partial charge is 0.307 e. The van der Waals surface area contributed by atoms with Crippen LogP contribution in [0.2, 0.25) is 0 Å². The summed E-state index contributed by atoms with van der Waals surface area (Å²) in [4.78, 5) is 27.0. The number of aliphatic hydroxyl groups is 2. The first-order valence-electron chi connectivity index (χ1n) is 12.7. The molecule has 9 heteroatoms. The van der Waals surface area contributed by atoms with E-state index in [1.165, 1.54) is 25.5 Å². The second-order valence-electron chi connectivity index (χ2n) is 11.1. The molecule has 34 heavy (non-hydrogen) atoms. The molecule has 9 nitrogen and oxygen atoms in total. The third-order valence-electron chi connectivity index (χ3n) is 9.35. The molecule has 2 aliphatic heterocycles. The molecule has 6 aliphatic rings. The number of rotatable bonds is 6. The van der Waals surface area contributed by atoms with E-state index in [1.54, 1.807) is 0 Å². The van der Waals surface area contributed by atoms with Crippen LogP contribution in [0.3, 0.4) is 0 Å². The van der Waals surface area contributed by atoms with Crippen molar-refractivity contribution < 1.29 is 29.3 Å². The highest BCUT2D eigenvalue weighted by Crippen LogP contribution is 2.68. The monoisotopic (exact) mass is 473 g/mol. The second kappa shape index (κ2) is 7.70. The fourth-order valence-corrected chi connectivity index (χ4v) is 7.57. The molecule has 4 fully saturated rings. The summed E-state index contributed by atoms with van der Waals surface area (Å²) in [7, 11) is 1.27. The number of nitrogens with zero attached hydrogens (tertiary/aromatic N) is 1. The number of amides is 1. The van der Waals surface area contributed by atoms with Gasteiger partial charge in [-0.1, -0.05) is 5.57 Å². The lowest BCUT2D eigenvalue weighted by Crippen LogP contribution is -2.75. The van der Waals surface area contributed by atoms with Crippen LogP contribution in [0.4, 0.5) is 0 Å². The van der Waals surface area contributed by atoms with Crippen LogP contribution >= 0.6 is 0 Å². The maximum Gasteiger partial charge on any atom is 0.307 e. The Labute approximate surface area is 199 Å². The molecule has 0 aromatic heterocycles. The first kappa shape index (κ1) is 22.4. The first-order valence-corrected chi connectivity index (χ1v) is 12.7. The third kappa shape index (κ3) is 3.02. The van der Waals surface area contributed by atoms with Gasteiger partial charge in [0.1, 0.15) is 11.9 Å². The Morgan fingerprint density at radius 3 is 2.82 bits per heavy atom. The van der Waals surface area contributed by atoms with E-state index in [0.29, 0.717) is 25.0 Å². The summed E-state index contributed by atoms with van der Waals surface area (Å²) in [6.07, 6.45) is 5.83. The third-order valence-corrected chi connectivity index (χ3v) is 9.35. The van der Waals surface area contributed by atoms with Gasteiger partial charge in [0, 0.05) is 24.6 Å². The quantitative estimate of drug-likeness (QED) is 0.420. The first-order chi connectivity index (χ1) is 16.3. The zero-order valence-corrected chi connectivity index (χ0v) is 19.7. The summed E-state index contributed by atoms with van der Waals surface area (Å²) < 4.78 is 11.1. The van der Waals surface area contributed by atoms with Crippen molar-refractivity contribution in [3.05, 3.63) is 22.7 Å². The zero-order chi connectivity index (χ0) is 23.8. The SMILES string of the molecule is COC(=O)C[C@H](N)C(=O)N[C@@H]1CC[C@@]2(O)[C@H]3CC4=C5C(=C(O)CC4)O[C@@H]1[C@]52CCN3CC1CC1. The molecule has 1 amide bonds. The average Bonchev–Trinajstić information content (AvgIpc) is 3.55. The van der Waals surface area contributed by atoms with Crippen molar-refractivity contribution in [2.75, 3.05) is 20.2 Å². The highest BCUT2D eigenvalue weighted by atomic mass is 16.5. The predicted molar refractivity (Wildman–Crippen MR) is 121 cm³/mol. The van der Waals surface area contributed by atoms with Gasteiger partial charge in [0.05, 0.1) is 36.6 Å². The van der Waals surface area contributed by atoms with Crippen LogP contribution in [-0.4, -0.2) is 77.0 Å². The fourth-order valence-electron chi connectivity index (χ4n) is 7.57. The van der Waals surface area contributed by atoms with Crippen LogP contribution in [-0.2, 0) is 19.1 Å². The number of ether oxygens (including phenoxy) is 2. The van der Waals surface area contributed by atoms with Gasteiger partial charge in [0.25, 0.3) is 0 Å². The summed E-state index contributed by atoms with van der Waals surface area (Å²) in [5.41, 5.74) is 6.64. The number of aliphatic hydroxyl groups excluding tert-OH is 1. The molecule has 6 rings (SSSR count). The normalized spacial score (nSPS) is 39.3. The molecule has 0 aromatic carbocycles. The fraction of sp³-hybridized carbons (Fsp3) is 0.760. The Morgan fingerprint density at radius 1 is 1.29 bits per heavy atom. The zero-order valence-electron chi connectivity index (χ0n) is 19.7. The largest absolute Gasteiger partial charge is 0.508 e. The van der Waals surface area contributed by atoms with Gasteiger partial charge in [-0.15, -0.1) is 0 Å². The minimum Gasteiger partial charge on any atom is -0.508 e. The summed E-state index contributed by atoms with van der Waals surface area (Å²) in [6, 6.07) is -1.36. The Bertz CT molecular complexity index is 989. The number of carbonyl (C=O) groups excluding carboxylic acids is 2. The number of allylic oxidation sites excluding steroid dienone is 2. The highest BCUT2D eigenvalue weighted by molar-refractivity contribution is 5.86. The molecule has 0 aromatic rings. The number of nitrogens with one attached hydrogen (secondary N) is 1. The number of hydrogen-bond acceptors (Lipinski definition) is 8. The van der Waals surface area contributed by atoms with Crippen LogP contribution in [0, 0.1) is 11.3 Å². The Kier molecular flexibility index (Phi) is 5.07. The number of hydrogen-bond donors (Lipinski definition) is 4. The van der Waals surface area contributed by atoms with E-state index < -0.39 is 35.0 Å². The van der Waals surface area contributed by atoms with Gasteiger partial charge in [-0.2, -0.15) is 0 Å². The number of carbonyl (C=O) groups is 2. The van der Waals surface area contributed by atoms with Crippen molar-refractivity contribution in [1.82, 2.24) is 10.2 Å². The average molecular weight is 474 g/mol. The van der Waals surface area contributed by atoms with Gasteiger partial charge in [-0.05, 0) is 57.4 Å². The van der Waals surface area contributed by atoms with Gasteiger partial charge in [-0.3, -0.25) is 14.5 Å². The van der Waals surface area contributed by atoms with Gasteiger partial charge in [-0.25, -0.2) is 0 Å². The highest BCUT2D eigenvalue weighted by Gasteiger charge is 2.74. The molecule has 2 bridgehead atoms. The maximum absolute atomic E-state index is 12.9. The standard InChI is InChI=1S/C25H35N3O6/c1-33-19(30)11-15(26)23(31)27-16-6-7-25(32)18-10-14-4-5-17(29)21-20(14)24(25,22(16)34-21)8-9-28(18)12-13-2-3-13/h13,15-16,18,22,29,32H,2-12,26H2,1H3,(H,27,31)/t15-,16+,18+,22-,24-,25+/m0/s1. The molecule has 4 aliphatic carbocycles. The maximum atomic E-state index is 12.9. The lowest BCUT2D eigenvalue weighted by molar-refractivity contribution is -0.213. The lowest BCUT2D eigenvalue weighted by Gasteiger charge is -2.64.